The van der Waals surface area contributed by atoms with Crippen LogP contribution in [0.25, 0.3) is 0 Å². The molecule has 1 amide bonds. The van der Waals surface area contributed by atoms with Gasteiger partial charge in [0.2, 0.25) is 10.0 Å². The number of nitrogens with zero attached hydrogens (tertiary/aromatic N) is 1. The minimum atomic E-state index is -3.73. The first-order valence-electron chi connectivity index (χ1n) is 8.33. The number of rotatable bonds is 5. The Morgan fingerprint density at radius 2 is 1.88 bits per heavy atom. The van der Waals surface area contributed by atoms with Gasteiger partial charge < -0.3 is 9.73 Å². The summed E-state index contributed by atoms with van der Waals surface area (Å²) in [7, 11) is -3.73. The SMILES string of the molecule is Cc1ccc(C(=O)NC2CCN(S(=O)(=O)c3ccccc3C=O)CC2)o1. The summed E-state index contributed by atoms with van der Waals surface area (Å²) < 4.78 is 32.2. The van der Waals surface area contributed by atoms with Crippen LogP contribution in [0.4, 0.5) is 0 Å². The van der Waals surface area contributed by atoms with Gasteiger partial charge >= 0.3 is 0 Å². The molecule has 1 N–H and O–H groups in total. The van der Waals surface area contributed by atoms with Crippen LogP contribution in [-0.4, -0.2) is 44.0 Å². The predicted molar refractivity (Wildman–Crippen MR) is 94.5 cm³/mol. The first-order valence-corrected chi connectivity index (χ1v) is 9.77. The average Bonchev–Trinajstić information content (AvgIpc) is 3.08. The van der Waals surface area contributed by atoms with Gasteiger partial charge in [-0.05, 0) is 38.0 Å². The molecule has 0 radical (unpaired) electrons. The number of aryl methyl sites for hydroxylation is 1. The molecule has 0 aliphatic carbocycles. The zero-order chi connectivity index (χ0) is 18.7. The van der Waals surface area contributed by atoms with Gasteiger partial charge in [0, 0.05) is 24.7 Å². The number of amides is 1. The number of piperidine rings is 1. The molecule has 0 saturated carbocycles. The highest BCUT2D eigenvalue weighted by Gasteiger charge is 2.31. The molecule has 1 aliphatic heterocycles. The molecule has 1 aromatic carbocycles. The molecule has 0 bridgehead atoms. The molecule has 3 rings (SSSR count). The second-order valence-corrected chi connectivity index (χ2v) is 8.12. The summed E-state index contributed by atoms with van der Waals surface area (Å²) in [6.45, 7) is 2.31. The standard InChI is InChI=1S/C18H20N2O5S/c1-13-6-7-16(25-13)18(22)19-15-8-10-20(11-9-15)26(23,24)17-5-3-2-4-14(17)12-21/h2-7,12,15H,8-11H2,1H3,(H,19,22). The van der Waals surface area contributed by atoms with Gasteiger partial charge in [-0.15, -0.1) is 0 Å². The Morgan fingerprint density at radius 1 is 1.19 bits per heavy atom. The second kappa shape index (κ2) is 7.43. The van der Waals surface area contributed by atoms with Crippen LogP contribution >= 0.6 is 0 Å². The average molecular weight is 376 g/mol. The minimum Gasteiger partial charge on any atom is -0.456 e. The van der Waals surface area contributed by atoms with Crippen LogP contribution in [0.15, 0.2) is 45.7 Å². The van der Waals surface area contributed by atoms with E-state index in [9.17, 15) is 18.0 Å². The first-order chi connectivity index (χ1) is 12.4. The highest BCUT2D eigenvalue weighted by molar-refractivity contribution is 7.89. The molecule has 1 aliphatic rings. The predicted octanol–water partition coefficient (Wildman–Crippen LogP) is 1.98. The summed E-state index contributed by atoms with van der Waals surface area (Å²) in [5, 5.41) is 2.87. The van der Waals surface area contributed by atoms with Crippen LogP contribution in [0, 0.1) is 6.92 Å². The minimum absolute atomic E-state index is 0.0172. The molecule has 1 saturated heterocycles. The summed E-state index contributed by atoms with van der Waals surface area (Å²) in [6.07, 6.45) is 1.53. The van der Waals surface area contributed by atoms with Gasteiger partial charge in [-0.1, -0.05) is 18.2 Å². The molecule has 2 aromatic rings. The van der Waals surface area contributed by atoms with Gasteiger partial charge in [-0.25, -0.2) is 8.42 Å². The monoisotopic (exact) mass is 376 g/mol. The lowest BCUT2D eigenvalue weighted by molar-refractivity contribution is 0.0894. The molecule has 0 unspecified atom stereocenters. The zero-order valence-corrected chi connectivity index (χ0v) is 15.2. The first kappa shape index (κ1) is 18.3. The maximum atomic E-state index is 12.8. The number of aldehydes is 1. The van der Waals surface area contributed by atoms with Gasteiger partial charge in [0.25, 0.3) is 5.91 Å². The maximum absolute atomic E-state index is 12.8. The van der Waals surface area contributed by atoms with Crippen LogP contribution < -0.4 is 5.32 Å². The van der Waals surface area contributed by atoms with Crippen molar-refractivity contribution in [3.05, 3.63) is 53.5 Å². The van der Waals surface area contributed by atoms with Crippen molar-refractivity contribution in [2.24, 2.45) is 0 Å². The highest BCUT2D eigenvalue weighted by atomic mass is 32.2. The Balaban J connectivity index is 1.64. The fraction of sp³-hybridized carbons (Fsp3) is 0.333. The van der Waals surface area contributed by atoms with E-state index in [0.717, 1.165) is 0 Å². The van der Waals surface area contributed by atoms with Crippen molar-refractivity contribution >= 4 is 22.2 Å². The number of sulfonamides is 1. The lowest BCUT2D eigenvalue weighted by Gasteiger charge is -2.31. The summed E-state index contributed by atoms with van der Waals surface area (Å²) in [5.41, 5.74) is 0.149. The van der Waals surface area contributed by atoms with Crippen LogP contribution in [0.3, 0.4) is 0 Å². The smallest absolute Gasteiger partial charge is 0.287 e. The third kappa shape index (κ3) is 3.71. The fourth-order valence-corrected chi connectivity index (χ4v) is 4.64. The number of benzene rings is 1. The van der Waals surface area contributed by atoms with E-state index in [1.807, 2.05) is 0 Å². The highest BCUT2D eigenvalue weighted by Crippen LogP contribution is 2.23. The Kier molecular flexibility index (Phi) is 5.24. The number of furan rings is 1. The summed E-state index contributed by atoms with van der Waals surface area (Å²) in [5.74, 6) is 0.605. The molecule has 138 valence electrons. The van der Waals surface area contributed by atoms with E-state index in [1.54, 1.807) is 31.2 Å². The van der Waals surface area contributed by atoms with Crippen molar-refractivity contribution in [3.63, 3.8) is 0 Å². The van der Waals surface area contributed by atoms with E-state index in [1.165, 1.54) is 16.4 Å². The molecule has 2 heterocycles. The normalized spacial score (nSPS) is 16.3. The number of hydrogen-bond acceptors (Lipinski definition) is 5. The largest absolute Gasteiger partial charge is 0.456 e. The van der Waals surface area contributed by atoms with Crippen LogP contribution in [0.5, 0.6) is 0 Å². The fourth-order valence-electron chi connectivity index (χ4n) is 3.01. The number of carbonyl (C=O) groups is 2. The van der Waals surface area contributed by atoms with Crippen molar-refractivity contribution < 1.29 is 22.4 Å². The molecule has 7 nitrogen and oxygen atoms in total. The quantitative estimate of drug-likeness (QED) is 0.805. The number of carbonyl (C=O) groups excluding carboxylic acids is 2. The zero-order valence-electron chi connectivity index (χ0n) is 14.3. The molecule has 0 spiro atoms. The Labute approximate surface area is 152 Å². The van der Waals surface area contributed by atoms with Crippen LogP contribution in [0.2, 0.25) is 0 Å². The maximum Gasteiger partial charge on any atom is 0.287 e. The number of nitrogens with one attached hydrogen (secondary N) is 1. The van der Waals surface area contributed by atoms with Gasteiger partial charge in [0.05, 0.1) is 4.90 Å². The lowest BCUT2D eigenvalue weighted by atomic mass is 10.1. The van der Waals surface area contributed by atoms with E-state index in [4.69, 9.17) is 4.42 Å². The molecule has 0 atom stereocenters. The van der Waals surface area contributed by atoms with Crippen molar-refractivity contribution in [3.8, 4) is 0 Å². The molecule has 1 aromatic heterocycles. The Hall–Kier alpha value is -2.45. The van der Waals surface area contributed by atoms with Crippen molar-refractivity contribution in [1.29, 1.82) is 0 Å². The van der Waals surface area contributed by atoms with E-state index in [-0.39, 0.29) is 41.3 Å². The molecular formula is C18H20N2O5S. The van der Waals surface area contributed by atoms with Crippen molar-refractivity contribution in [2.45, 2.75) is 30.7 Å². The molecule has 1 fully saturated rings. The number of hydrogen-bond donors (Lipinski definition) is 1. The lowest BCUT2D eigenvalue weighted by Crippen LogP contribution is -2.46. The van der Waals surface area contributed by atoms with Gasteiger partial charge in [-0.2, -0.15) is 4.31 Å². The third-order valence-electron chi connectivity index (χ3n) is 4.42. The molecule has 8 heteroatoms. The Morgan fingerprint density at radius 3 is 2.50 bits per heavy atom. The summed E-state index contributed by atoms with van der Waals surface area (Å²) >= 11 is 0. The van der Waals surface area contributed by atoms with Gasteiger partial charge in [0.15, 0.2) is 12.0 Å². The van der Waals surface area contributed by atoms with Gasteiger partial charge in [0.1, 0.15) is 5.76 Å². The second-order valence-electron chi connectivity index (χ2n) is 6.22. The van der Waals surface area contributed by atoms with Gasteiger partial charge in [-0.3, -0.25) is 9.59 Å². The molecular weight excluding hydrogens is 356 g/mol. The van der Waals surface area contributed by atoms with Crippen molar-refractivity contribution in [1.82, 2.24) is 9.62 Å². The van der Waals surface area contributed by atoms with Crippen molar-refractivity contribution in [2.75, 3.05) is 13.1 Å². The van der Waals surface area contributed by atoms with Crippen LogP contribution in [-0.2, 0) is 10.0 Å². The van der Waals surface area contributed by atoms with E-state index in [2.05, 4.69) is 5.32 Å². The van der Waals surface area contributed by atoms with E-state index < -0.39 is 10.0 Å². The topological polar surface area (TPSA) is 96.7 Å². The summed E-state index contributed by atoms with van der Waals surface area (Å²) in [4.78, 5) is 23.3. The molecule has 26 heavy (non-hydrogen) atoms. The third-order valence-corrected chi connectivity index (χ3v) is 6.39. The van der Waals surface area contributed by atoms with E-state index >= 15 is 0 Å². The Bertz CT molecular complexity index is 911. The van der Waals surface area contributed by atoms with E-state index in [0.29, 0.717) is 24.9 Å². The summed E-state index contributed by atoms with van der Waals surface area (Å²) in [6, 6.07) is 9.35. The van der Waals surface area contributed by atoms with Crippen LogP contribution in [0.1, 0.15) is 39.5 Å².